The summed E-state index contributed by atoms with van der Waals surface area (Å²) >= 11 is 0. The Labute approximate surface area is 76.1 Å². The number of ether oxygens (including phenoxy) is 2. The molecule has 1 aliphatic heterocycles. The lowest BCUT2D eigenvalue weighted by Crippen LogP contribution is -2.17. The summed E-state index contributed by atoms with van der Waals surface area (Å²) in [5.74, 6) is 0. The predicted molar refractivity (Wildman–Crippen MR) is 44.9 cm³/mol. The van der Waals surface area contributed by atoms with Gasteiger partial charge in [0.1, 0.15) is 0 Å². The highest BCUT2D eigenvalue weighted by Gasteiger charge is 2.24. The van der Waals surface area contributed by atoms with Gasteiger partial charge in [-0.05, 0) is 12.0 Å². The van der Waals surface area contributed by atoms with Crippen LogP contribution < -0.4 is 0 Å². The lowest BCUT2D eigenvalue weighted by atomic mass is 10.2. The molecule has 0 aromatic rings. The molecule has 6 heteroatoms. The van der Waals surface area contributed by atoms with Crippen LogP contribution in [0.3, 0.4) is 0 Å². The van der Waals surface area contributed by atoms with E-state index in [1.165, 1.54) is 0 Å². The molecule has 2 atom stereocenters. The van der Waals surface area contributed by atoms with Crippen molar-refractivity contribution in [1.29, 1.82) is 0 Å². The quantitative estimate of drug-likeness (QED) is 0.299. The number of hydrogen-bond acceptors (Lipinski definition) is 4. The standard InChI is InChI=1S/C7H13N3O3/c8-10-9-3-4-12-7-2-1-6(5-11)13-7/h6-7,11H,1-5H2. The summed E-state index contributed by atoms with van der Waals surface area (Å²) in [6, 6.07) is 0. The minimum Gasteiger partial charge on any atom is -0.394 e. The predicted octanol–water partition coefficient (Wildman–Crippen LogP) is 0.811. The van der Waals surface area contributed by atoms with Gasteiger partial charge < -0.3 is 14.6 Å². The van der Waals surface area contributed by atoms with Crippen LogP contribution in [0.25, 0.3) is 10.4 Å². The monoisotopic (exact) mass is 187 g/mol. The lowest BCUT2D eigenvalue weighted by molar-refractivity contribution is -0.138. The number of aliphatic hydroxyl groups is 1. The van der Waals surface area contributed by atoms with Crippen LogP contribution in [-0.4, -0.2) is 37.3 Å². The third kappa shape index (κ3) is 3.61. The number of rotatable bonds is 5. The van der Waals surface area contributed by atoms with Gasteiger partial charge in [-0.15, -0.1) is 0 Å². The second-order valence-corrected chi connectivity index (χ2v) is 2.77. The second-order valence-electron chi connectivity index (χ2n) is 2.77. The molecule has 1 saturated heterocycles. The van der Waals surface area contributed by atoms with E-state index in [0.29, 0.717) is 13.2 Å². The van der Waals surface area contributed by atoms with Crippen LogP contribution in [0, 0.1) is 0 Å². The molecular formula is C7H13N3O3. The van der Waals surface area contributed by atoms with Gasteiger partial charge in [0.15, 0.2) is 6.29 Å². The SMILES string of the molecule is [N-]=[N+]=NCCOC1CCC(CO)O1. The normalized spacial score (nSPS) is 27.2. The Hall–Kier alpha value is -0.810. The first-order valence-electron chi connectivity index (χ1n) is 4.25. The van der Waals surface area contributed by atoms with Crippen LogP contribution in [0.1, 0.15) is 12.8 Å². The molecule has 0 aromatic carbocycles. The summed E-state index contributed by atoms with van der Waals surface area (Å²) in [4.78, 5) is 2.60. The molecule has 1 aliphatic rings. The van der Waals surface area contributed by atoms with Crippen molar-refractivity contribution in [1.82, 2.24) is 0 Å². The van der Waals surface area contributed by atoms with Crippen LogP contribution in [0.15, 0.2) is 5.11 Å². The third-order valence-corrected chi connectivity index (χ3v) is 1.83. The van der Waals surface area contributed by atoms with Crippen LogP contribution in [0.5, 0.6) is 0 Å². The summed E-state index contributed by atoms with van der Waals surface area (Å²) in [6.07, 6.45) is 1.28. The topological polar surface area (TPSA) is 87.5 Å². The van der Waals surface area contributed by atoms with Crippen LogP contribution in [-0.2, 0) is 9.47 Å². The van der Waals surface area contributed by atoms with Gasteiger partial charge in [0, 0.05) is 17.9 Å². The summed E-state index contributed by atoms with van der Waals surface area (Å²) in [7, 11) is 0. The molecule has 13 heavy (non-hydrogen) atoms. The van der Waals surface area contributed by atoms with Crippen molar-refractivity contribution in [2.24, 2.45) is 5.11 Å². The van der Waals surface area contributed by atoms with Crippen molar-refractivity contribution in [3.8, 4) is 0 Å². The molecular weight excluding hydrogens is 174 g/mol. The minimum atomic E-state index is -0.244. The maximum atomic E-state index is 8.75. The Bertz CT molecular complexity index is 193. The Balaban J connectivity index is 2.06. The van der Waals surface area contributed by atoms with Gasteiger partial charge in [0.25, 0.3) is 0 Å². The first-order chi connectivity index (χ1) is 6.36. The first-order valence-corrected chi connectivity index (χ1v) is 4.25. The largest absolute Gasteiger partial charge is 0.394 e. The third-order valence-electron chi connectivity index (χ3n) is 1.83. The van der Waals surface area contributed by atoms with E-state index in [2.05, 4.69) is 10.0 Å². The van der Waals surface area contributed by atoms with E-state index in [4.69, 9.17) is 20.1 Å². The number of aliphatic hydroxyl groups excluding tert-OH is 1. The van der Waals surface area contributed by atoms with Gasteiger partial charge in [0.2, 0.25) is 0 Å². The number of azide groups is 1. The van der Waals surface area contributed by atoms with Crippen molar-refractivity contribution >= 4 is 0 Å². The van der Waals surface area contributed by atoms with Crippen molar-refractivity contribution in [2.75, 3.05) is 19.8 Å². The maximum Gasteiger partial charge on any atom is 0.158 e. The van der Waals surface area contributed by atoms with Crippen LogP contribution >= 0.6 is 0 Å². The van der Waals surface area contributed by atoms with E-state index in [1.54, 1.807) is 0 Å². The van der Waals surface area contributed by atoms with Crippen molar-refractivity contribution in [3.63, 3.8) is 0 Å². The molecule has 0 radical (unpaired) electrons. The summed E-state index contributed by atoms with van der Waals surface area (Å²) < 4.78 is 10.5. The summed E-state index contributed by atoms with van der Waals surface area (Å²) in [5.41, 5.74) is 7.98. The Morgan fingerprint density at radius 2 is 2.46 bits per heavy atom. The minimum absolute atomic E-state index is 0.0379. The highest BCUT2D eigenvalue weighted by atomic mass is 16.7. The molecule has 0 aromatic heterocycles. The van der Waals surface area contributed by atoms with E-state index < -0.39 is 0 Å². The highest BCUT2D eigenvalue weighted by molar-refractivity contribution is 4.66. The molecule has 0 aliphatic carbocycles. The van der Waals surface area contributed by atoms with Gasteiger partial charge in [-0.3, -0.25) is 0 Å². The zero-order chi connectivity index (χ0) is 9.52. The number of nitrogens with zero attached hydrogens (tertiary/aromatic N) is 3. The highest BCUT2D eigenvalue weighted by Crippen LogP contribution is 2.19. The van der Waals surface area contributed by atoms with Crippen molar-refractivity contribution < 1.29 is 14.6 Å². The smallest absolute Gasteiger partial charge is 0.158 e. The molecule has 1 heterocycles. The molecule has 2 unspecified atom stereocenters. The van der Waals surface area contributed by atoms with Gasteiger partial charge in [0.05, 0.1) is 19.3 Å². The molecule has 0 bridgehead atoms. The Morgan fingerprint density at radius 3 is 3.08 bits per heavy atom. The average Bonchev–Trinajstić information content (AvgIpc) is 2.60. The van der Waals surface area contributed by atoms with E-state index in [9.17, 15) is 0 Å². The maximum absolute atomic E-state index is 8.75. The lowest BCUT2D eigenvalue weighted by Gasteiger charge is -2.11. The van der Waals surface area contributed by atoms with Gasteiger partial charge >= 0.3 is 0 Å². The summed E-state index contributed by atoms with van der Waals surface area (Å²) in [5, 5.41) is 12.1. The molecule has 0 saturated carbocycles. The number of hydrogen-bond donors (Lipinski definition) is 1. The molecule has 1 rings (SSSR count). The van der Waals surface area contributed by atoms with Gasteiger partial charge in [-0.25, -0.2) is 0 Å². The zero-order valence-electron chi connectivity index (χ0n) is 7.30. The Kier molecular flexibility index (Phi) is 4.56. The van der Waals surface area contributed by atoms with Crippen molar-refractivity contribution in [3.05, 3.63) is 10.4 Å². The molecule has 1 N–H and O–H groups in total. The van der Waals surface area contributed by atoms with Gasteiger partial charge in [-0.1, -0.05) is 5.11 Å². The van der Waals surface area contributed by atoms with E-state index in [0.717, 1.165) is 12.8 Å². The Morgan fingerprint density at radius 1 is 1.62 bits per heavy atom. The second kappa shape index (κ2) is 5.77. The van der Waals surface area contributed by atoms with Gasteiger partial charge in [-0.2, -0.15) is 0 Å². The first kappa shape index (κ1) is 10.3. The van der Waals surface area contributed by atoms with Crippen LogP contribution in [0.2, 0.25) is 0 Å². The summed E-state index contributed by atoms with van der Waals surface area (Å²) in [6.45, 7) is 0.725. The van der Waals surface area contributed by atoms with E-state index in [-0.39, 0.29) is 19.0 Å². The van der Waals surface area contributed by atoms with E-state index >= 15 is 0 Å². The molecule has 0 spiro atoms. The van der Waals surface area contributed by atoms with E-state index in [1.807, 2.05) is 0 Å². The van der Waals surface area contributed by atoms with Crippen molar-refractivity contribution in [2.45, 2.75) is 25.2 Å². The average molecular weight is 187 g/mol. The molecule has 6 nitrogen and oxygen atoms in total. The fourth-order valence-electron chi connectivity index (χ4n) is 1.20. The van der Waals surface area contributed by atoms with Crippen LogP contribution in [0.4, 0.5) is 0 Å². The molecule has 0 amide bonds. The molecule has 1 fully saturated rings. The zero-order valence-corrected chi connectivity index (χ0v) is 7.30. The fourth-order valence-corrected chi connectivity index (χ4v) is 1.20. The fraction of sp³-hybridized carbons (Fsp3) is 1.00. The molecule has 74 valence electrons.